The maximum Gasteiger partial charge on any atom is 0.245 e. The number of hydrogen-bond donors (Lipinski definition) is 0. The lowest BCUT2D eigenvalue weighted by Gasteiger charge is -2.19. The molecule has 4 heteroatoms. The summed E-state index contributed by atoms with van der Waals surface area (Å²) in [6.07, 6.45) is 5.24. The van der Waals surface area contributed by atoms with E-state index in [2.05, 4.69) is 0 Å². The number of carbonyl (C=O) groups excluding carboxylic acids is 2. The molecule has 17 heavy (non-hydrogen) atoms. The Morgan fingerprint density at radius 1 is 1.29 bits per heavy atom. The summed E-state index contributed by atoms with van der Waals surface area (Å²) in [4.78, 5) is 25.5. The molecule has 0 radical (unpaired) electrons. The van der Waals surface area contributed by atoms with Gasteiger partial charge in [0.05, 0.1) is 0 Å². The molecule has 1 aromatic rings. The smallest absolute Gasteiger partial charge is 0.245 e. The van der Waals surface area contributed by atoms with Crippen molar-refractivity contribution < 1.29 is 9.59 Å². The van der Waals surface area contributed by atoms with Crippen LogP contribution < -0.4 is 0 Å². The van der Waals surface area contributed by atoms with Crippen molar-refractivity contribution in [3.05, 3.63) is 23.5 Å². The van der Waals surface area contributed by atoms with Crippen LogP contribution in [0.3, 0.4) is 0 Å². The highest BCUT2D eigenvalue weighted by molar-refractivity contribution is 5.98. The molecular formula is C13H16N2O2. The number of fused-ring (bicyclic) bond motifs is 1. The first-order valence-corrected chi connectivity index (χ1v) is 6.16. The first-order valence-electron chi connectivity index (χ1n) is 6.16. The van der Waals surface area contributed by atoms with Crippen molar-refractivity contribution in [1.82, 2.24) is 9.47 Å². The van der Waals surface area contributed by atoms with E-state index in [1.54, 1.807) is 4.90 Å². The molecule has 0 N–H and O–H groups in total. The van der Waals surface area contributed by atoms with Crippen LogP contribution in [-0.2, 0) is 11.2 Å². The van der Waals surface area contributed by atoms with Gasteiger partial charge in [0.2, 0.25) is 5.91 Å². The fraction of sp³-hybridized carbons (Fsp3) is 0.538. The van der Waals surface area contributed by atoms with E-state index in [0.717, 1.165) is 37.1 Å². The topological polar surface area (TPSA) is 42.3 Å². The van der Waals surface area contributed by atoms with Crippen molar-refractivity contribution in [3.8, 4) is 0 Å². The Hall–Kier alpha value is -1.58. The number of aromatic nitrogens is 1. The number of likely N-dealkylation sites (N-methyl/N-ethyl adjacent to an activating group) is 1. The third-order valence-electron chi connectivity index (χ3n) is 3.88. The van der Waals surface area contributed by atoms with Crippen LogP contribution in [0.25, 0.3) is 0 Å². The number of hydrogen-bond acceptors (Lipinski definition) is 2. The van der Waals surface area contributed by atoms with E-state index in [4.69, 9.17) is 0 Å². The number of ketones is 1. The first-order chi connectivity index (χ1) is 8.18. The fourth-order valence-corrected chi connectivity index (χ4v) is 2.90. The summed E-state index contributed by atoms with van der Waals surface area (Å²) in [6.45, 7) is 0.810. The van der Waals surface area contributed by atoms with Crippen molar-refractivity contribution in [2.24, 2.45) is 0 Å². The van der Waals surface area contributed by atoms with E-state index in [9.17, 15) is 9.59 Å². The Morgan fingerprint density at radius 2 is 2.12 bits per heavy atom. The molecule has 1 atom stereocenters. The highest BCUT2D eigenvalue weighted by Gasteiger charge is 2.33. The number of Topliss-reactive ketones (excluding diaryl/α,β-unsaturated/α-hetero) is 1. The quantitative estimate of drug-likeness (QED) is 0.734. The highest BCUT2D eigenvalue weighted by Crippen LogP contribution is 2.29. The molecule has 0 aromatic carbocycles. The van der Waals surface area contributed by atoms with Gasteiger partial charge in [-0.1, -0.05) is 0 Å². The average molecular weight is 232 g/mol. The zero-order valence-electron chi connectivity index (χ0n) is 9.98. The number of nitrogens with zero attached hydrogens (tertiary/aromatic N) is 2. The molecule has 0 spiro atoms. The van der Waals surface area contributed by atoms with Gasteiger partial charge < -0.3 is 9.47 Å². The standard InChI is InChI=1S/C13H16N2O2/c1-14-7-6-11(13(14)17)15-8-5-9-10(15)3-2-4-12(9)16/h5,8,11H,2-4,6-7H2,1H3. The average Bonchev–Trinajstić information content (AvgIpc) is 2.86. The van der Waals surface area contributed by atoms with E-state index in [-0.39, 0.29) is 17.7 Å². The fourth-order valence-electron chi connectivity index (χ4n) is 2.90. The molecule has 1 saturated heterocycles. The van der Waals surface area contributed by atoms with Crippen molar-refractivity contribution >= 4 is 11.7 Å². The third-order valence-corrected chi connectivity index (χ3v) is 3.88. The third kappa shape index (κ3) is 1.51. The van der Waals surface area contributed by atoms with Crippen molar-refractivity contribution in [2.75, 3.05) is 13.6 Å². The molecule has 1 amide bonds. The molecule has 1 unspecified atom stereocenters. The Balaban J connectivity index is 2.00. The lowest BCUT2D eigenvalue weighted by Crippen LogP contribution is -2.25. The van der Waals surface area contributed by atoms with Crippen LogP contribution in [0.4, 0.5) is 0 Å². The van der Waals surface area contributed by atoms with Crippen LogP contribution in [0.1, 0.15) is 41.4 Å². The number of rotatable bonds is 1. The predicted molar refractivity (Wildman–Crippen MR) is 63.0 cm³/mol. The molecule has 90 valence electrons. The summed E-state index contributed by atoms with van der Waals surface area (Å²) in [5.74, 6) is 0.394. The number of carbonyl (C=O) groups is 2. The molecule has 3 rings (SSSR count). The van der Waals surface area contributed by atoms with E-state index in [0.29, 0.717) is 6.42 Å². The minimum absolute atomic E-state index is 0.0883. The van der Waals surface area contributed by atoms with Gasteiger partial charge in [-0.3, -0.25) is 9.59 Å². The van der Waals surface area contributed by atoms with Crippen molar-refractivity contribution in [3.63, 3.8) is 0 Å². The number of likely N-dealkylation sites (tertiary alicyclic amines) is 1. The molecule has 0 bridgehead atoms. The van der Waals surface area contributed by atoms with Crippen LogP contribution in [0.15, 0.2) is 12.3 Å². The van der Waals surface area contributed by atoms with Gasteiger partial charge >= 0.3 is 0 Å². The molecule has 1 aliphatic heterocycles. The molecule has 4 nitrogen and oxygen atoms in total. The maximum atomic E-state index is 12.0. The highest BCUT2D eigenvalue weighted by atomic mass is 16.2. The Morgan fingerprint density at radius 3 is 2.82 bits per heavy atom. The monoisotopic (exact) mass is 232 g/mol. The minimum Gasteiger partial charge on any atom is -0.344 e. The predicted octanol–water partition coefficient (Wildman–Crippen LogP) is 1.41. The van der Waals surface area contributed by atoms with E-state index < -0.39 is 0 Å². The van der Waals surface area contributed by atoms with Gasteiger partial charge in [-0.25, -0.2) is 0 Å². The van der Waals surface area contributed by atoms with Crippen LogP contribution in [0.2, 0.25) is 0 Å². The lowest BCUT2D eigenvalue weighted by molar-refractivity contribution is -0.129. The van der Waals surface area contributed by atoms with Crippen LogP contribution in [0, 0.1) is 0 Å². The normalized spacial score (nSPS) is 24.3. The Bertz CT molecular complexity index is 490. The van der Waals surface area contributed by atoms with Gasteiger partial charge in [0.15, 0.2) is 5.78 Å². The lowest BCUT2D eigenvalue weighted by atomic mass is 9.96. The van der Waals surface area contributed by atoms with Crippen molar-refractivity contribution in [2.45, 2.75) is 31.7 Å². The minimum atomic E-state index is -0.0883. The van der Waals surface area contributed by atoms with Crippen LogP contribution in [-0.4, -0.2) is 34.7 Å². The van der Waals surface area contributed by atoms with Gasteiger partial charge in [-0.15, -0.1) is 0 Å². The second-order valence-corrected chi connectivity index (χ2v) is 4.92. The zero-order chi connectivity index (χ0) is 12.0. The van der Waals surface area contributed by atoms with Gasteiger partial charge in [-0.2, -0.15) is 0 Å². The summed E-state index contributed by atoms with van der Waals surface area (Å²) >= 11 is 0. The Labute approximate surface area is 100 Å². The largest absolute Gasteiger partial charge is 0.344 e. The summed E-state index contributed by atoms with van der Waals surface area (Å²) in [5, 5.41) is 0. The molecule has 2 heterocycles. The molecule has 0 saturated carbocycles. The Kier molecular flexibility index (Phi) is 2.31. The summed E-state index contributed by atoms with van der Waals surface area (Å²) in [5.41, 5.74) is 1.90. The first kappa shape index (κ1) is 10.6. The molecule has 2 aliphatic rings. The van der Waals surface area contributed by atoms with Crippen LogP contribution in [0.5, 0.6) is 0 Å². The molecule has 1 fully saturated rings. The van der Waals surface area contributed by atoms with Gasteiger partial charge in [-0.05, 0) is 25.3 Å². The second-order valence-electron chi connectivity index (χ2n) is 4.92. The van der Waals surface area contributed by atoms with E-state index in [1.165, 1.54) is 0 Å². The summed E-state index contributed by atoms with van der Waals surface area (Å²) in [6, 6.07) is 1.79. The zero-order valence-corrected chi connectivity index (χ0v) is 9.98. The van der Waals surface area contributed by atoms with Gasteiger partial charge in [0.1, 0.15) is 6.04 Å². The summed E-state index contributed by atoms with van der Waals surface area (Å²) < 4.78 is 2.03. The van der Waals surface area contributed by atoms with Crippen molar-refractivity contribution in [1.29, 1.82) is 0 Å². The summed E-state index contributed by atoms with van der Waals surface area (Å²) in [7, 11) is 1.84. The van der Waals surface area contributed by atoms with E-state index >= 15 is 0 Å². The second kappa shape index (κ2) is 3.72. The van der Waals surface area contributed by atoms with E-state index in [1.807, 2.05) is 23.9 Å². The van der Waals surface area contributed by atoms with Gasteiger partial charge in [0.25, 0.3) is 0 Å². The molecule has 1 aliphatic carbocycles. The van der Waals surface area contributed by atoms with Crippen LogP contribution >= 0.6 is 0 Å². The molecular weight excluding hydrogens is 216 g/mol. The maximum absolute atomic E-state index is 12.0. The molecule has 1 aromatic heterocycles. The number of amides is 1. The van der Waals surface area contributed by atoms with Gasteiger partial charge in [0, 0.05) is 37.5 Å². The SMILES string of the molecule is CN1CCC(n2ccc3c2CCCC3=O)C1=O.